The molecule has 0 aliphatic carbocycles. The van der Waals surface area contributed by atoms with Gasteiger partial charge in [-0.15, -0.1) is 0 Å². The van der Waals surface area contributed by atoms with Crippen LogP contribution >= 0.6 is 11.6 Å². The average Bonchev–Trinajstić information content (AvgIpc) is 3.38. The molecule has 15 heteroatoms. The van der Waals surface area contributed by atoms with E-state index in [0.717, 1.165) is 12.1 Å². The van der Waals surface area contributed by atoms with Crippen LogP contribution in [0.4, 0.5) is 25.1 Å². The van der Waals surface area contributed by atoms with Gasteiger partial charge in [0.2, 0.25) is 0 Å². The molecule has 0 unspecified atom stereocenters. The summed E-state index contributed by atoms with van der Waals surface area (Å²) in [7, 11) is -4.45. The van der Waals surface area contributed by atoms with Crippen molar-refractivity contribution >= 4 is 50.3 Å². The summed E-state index contributed by atoms with van der Waals surface area (Å²) in [5.41, 5.74) is 1.67. The third kappa shape index (κ3) is 5.72. The first-order valence-electron chi connectivity index (χ1n) is 12.1. The highest BCUT2D eigenvalue weighted by atomic mass is 35.5. The molecule has 1 atom stereocenters. The number of anilines is 2. The first-order chi connectivity index (χ1) is 19.1. The van der Waals surface area contributed by atoms with Crippen LogP contribution in [-0.2, 0) is 14.8 Å². The quantitative estimate of drug-likeness (QED) is 0.299. The molecule has 40 heavy (non-hydrogen) atoms. The lowest BCUT2D eigenvalue weighted by molar-refractivity contribution is 0.115. The summed E-state index contributed by atoms with van der Waals surface area (Å²) in [5.74, 6) is -1.71. The van der Waals surface area contributed by atoms with Crippen LogP contribution < -0.4 is 10.0 Å². The van der Waals surface area contributed by atoms with Crippen molar-refractivity contribution < 1.29 is 26.7 Å². The number of aromatic nitrogens is 4. The molecule has 1 amide bonds. The second-order valence-electron chi connectivity index (χ2n) is 8.80. The van der Waals surface area contributed by atoms with Gasteiger partial charge in [-0.1, -0.05) is 11.6 Å². The zero-order chi connectivity index (χ0) is 28.4. The Morgan fingerprint density at radius 2 is 2.00 bits per heavy atom. The fourth-order valence-electron chi connectivity index (χ4n) is 4.21. The van der Waals surface area contributed by atoms with Gasteiger partial charge in [0.1, 0.15) is 28.4 Å². The van der Waals surface area contributed by atoms with E-state index in [9.17, 15) is 22.0 Å². The lowest BCUT2D eigenvalue weighted by Crippen LogP contribution is -2.32. The van der Waals surface area contributed by atoms with Crippen molar-refractivity contribution in [2.45, 2.75) is 24.3 Å². The van der Waals surface area contributed by atoms with Crippen LogP contribution in [-0.4, -0.2) is 65.1 Å². The molecule has 3 aromatic heterocycles. The molecule has 4 heterocycles. The molecule has 1 fully saturated rings. The number of amides is 1. The summed E-state index contributed by atoms with van der Waals surface area (Å²) in [5, 5.41) is 3.13. The second-order valence-corrected chi connectivity index (χ2v) is 10.8. The maximum Gasteiger partial charge on any atom is 0.409 e. The summed E-state index contributed by atoms with van der Waals surface area (Å²) in [6.45, 7) is 3.01. The lowest BCUT2D eigenvalue weighted by atomic mass is 10.1. The predicted molar refractivity (Wildman–Crippen MR) is 143 cm³/mol. The number of ether oxygens (including phenoxy) is 1. The minimum absolute atomic E-state index is 0.0852. The number of carbonyl (C=O) groups excluding carboxylic acids is 1. The molecule has 1 saturated heterocycles. The molecule has 1 aliphatic rings. The number of benzene rings is 1. The molecule has 11 nitrogen and oxygen atoms in total. The molecule has 0 bridgehead atoms. The molecule has 0 spiro atoms. The van der Waals surface area contributed by atoms with Crippen LogP contribution in [0.25, 0.3) is 22.3 Å². The number of pyridine rings is 2. The fraction of sp³-hybridized carbons (Fsp3) is 0.240. The third-order valence-electron chi connectivity index (χ3n) is 6.10. The number of fused-ring (bicyclic) bond motifs is 1. The number of halogens is 3. The number of likely N-dealkylation sites (tertiary alicyclic amines) is 1. The summed E-state index contributed by atoms with van der Waals surface area (Å²) < 4.78 is 60.3. The molecular weight excluding hydrogens is 568 g/mol. The van der Waals surface area contributed by atoms with E-state index in [1.807, 2.05) is 0 Å². The van der Waals surface area contributed by atoms with Crippen LogP contribution in [0.15, 0.2) is 53.8 Å². The van der Waals surface area contributed by atoms with Crippen LogP contribution in [0, 0.1) is 11.6 Å². The Balaban J connectivity index is 1.42. The molecule has 0 radical (unpaired) electrons. The van der Waals surface area contributed by atoms with E-state index in [-0.39, 0.29) is 23.0 Å². The van der Waals surface area contributed by atoms with Crippen molar-refractivity contribution in [3.8, 4) is 11.3 Å². The van der Waals surface area contributed by atoms with E-state index in [1.54, 1.807) is 24.0 Å². The van der Waals surface area contributed by atoms with E-state index in [4.69, 9.17) is 16.3 Å². The van der Waals surface area contributed by atoms with Gasteiger partial charge in [-0.2, -0.15) is 0 Å². The average molecular weight is 590 g/mol. The molecule has 4 aromatic rings. The minimum Gasteiger partial charge on any atom is -0.450 e. The molecule has 1 aliphatic heterocycles. The first kappa shape index (κ1) is 27.4. The monoisotopic (exact) mass is 589 g/mol. The Kier molecular flexibility index (Phi) is 7.63. The summed E-state index contributed by atoms with van der Waals surface area (Å²) in [4.78, 5) is 30.2. The zero-order valence-electron chi connectivity index (χ0n) is 20.9. The highest BCUT2D eigenvalue weighted by Crippen LogP contribution is 2.30. The highest BCUT2D eigenvalue weighted by Gasteiger charge is 2.28. The van der Waals surface area contributed by atoms with Crippen molar-refractivity contribution in [2.24, 2.45) is 0 Å². The number of sulfonamides is 1. The number of hydrogen-bond donors (Lipinski definition) is 2. The lowest BCUT2D eigenvalue weighted by Gasteiger charge is -2.17. The van der Waals surface area contributed by atoms with Crippen LogP contribution in [0.3, 0.4) is 0 Å². The highest BCUT2D eigenvalue weighted by molar-refractivity contribution is 7.92. The fourth-order valence-corrected chi connectivity index (χ4v) is 5.54. The van der Waals surface area contributed by atoms with E-state index in [1.165, 1.54) is 18.6 Å². The Labute approximate surface area is 232 Å². The molecule has 1 aromatic carbocycles. The van der Waals surface area contributed by atoms with Gasteiger partial charge in [0.15, 0.2) is 11.0 Å². The van der Waals surface area contributed by atoms with Crippen molar-refractivity contribution in [1.29, 1.82) is 0 Å². The van der Waals surface area contributed by atoms with Gasteiger partial charge in [0.05, 0.1) is 23.5 Å². The minimum atomic E-state index is -4.45. The van der Waals surface area contributed by atoms with Gasteiger partial charge in [-0.05, 0) is 43.7 Å². The van der Waals surface area contributed by atoms with Gasteiger partial charge in [-0.25, -0.2) is 41.9 Å². The SMILES string of the molecule is CCOC(=O)N1CC[C@H](Nc2ncnc3ccc(-c4cnc(Cl)c(NS(=O)(=O)c5ccc(F)cc5F)c4)nc23)C1. The van der Waals surface area contributed by atoms with E-state index < -0.39 is 26.6 Å². The smallest absolute Gasteiger partial charge is 0.409 e. The summed E-state index contributed by atoms with van der Waals surface area (Å²) >= 11 is 6.13. The molecular formula is C25H22ClF2N7O4S. The topological polar surface area (TPSA) is 139 Å². The maximum absolute atomic E-state index is 14.2. The van der Waals surface area contributed by atoms with Crippen LogP contribution in [0.5, 0.6) is 0 Å². The van der Waals surface area contributed by atoms with E-state index in [0.29, 0.717) is 60.3 Å². The van der Waals surface area contributed by atoms with Crippen molar-refractivity contribution in [2.75, 3.05) is 29.7 Å². The van der Waals surface area contributed by atoms with Gasteiger partial charge in [-0.3, -0.25) is 4.72 Å². The molecule has 0 saturated carbocycles. The van der Waals surface area contributed by atoms with Crippen LogP contribution in [0.1, 0.15) is 13.3 Å². The Morgan fingerprint density at radius 1 is 1.18 bits per heavy atom. The van der Waals surface area contributed by atoms with E-state index >= 15 is 0 Å². The molecule has 5 rings (SSSR count). The molecule has 208 valence electrons. The molecule has 2 N–H and O–H groups in total. The number of rotatable bonds is 7. The van der Waals surface area contributed by atoms with Crippen molar-refractivity contribution in [1.82, 2.24) is 24.8 Å². The van der Waals surface area contributed by atoms with E-state index in [2.05, 4.69) is 30.0 Å². The van der Waals surface area contributed by atoms with Gasteiger partial charge < -0.3 is 15.0 Å². The normalized spacial score (nSPS) is 15.3. The predicted octanol–water partition coefficient (Wildman–Crippen LogP) is 4.46. The van der Waals surface area contributed by atoms with Crippen LogP contribution in [0.2, 0.25) is 5.15 Å². The largest absolute Gasteiger partial charge is 0.450 e. The second kappa shape index (κ2) is 11.1. The Bertz CT molecular complexity index is 1710. The Morgan fingerprint density at radius 3 is 2.77 bits per heavy atom. The first-order valence-corrected chi connectivity index (χ1v) is 13.9. The summed E-state index contributed by atoms with van der Waals surface area (Å²) in [6, 6.07) is 6.81. The number of hydrogen-bond acceptors (Lipinski definition) is 9. The maximum atomic E-state index is 14.2. The Hall–Kier alpha value is -4.17. The third-order valence-corrected chi connectivity index (χ3v) is 7.80. The van der Waals surface area contributed by atoms with Crippen molar-refractivity contribution in [3.63, 3.8) is 0 Å². The number of carbonyl (C=O) groups is 1. The number of nitrogens with one attached hydrogen (secondary N) is 2. The van der Waals surface area contributed by atoms with Crippen molar-refractivity contribution in [3.05, 3.63) is 65.7 Å². The zero-order valence-corrected chi connectivity index (χ0v) is 22.5. The standard InChI is InChI=1S/C25H22ClF2N7O4S/c1-2-39-25(36)35-8-7-16(12-35)32-24-22-19(30-13-31-24)5-4-18(33-22)14-9-20(23(26)29-11-14)34-40(37,38)21-6-3-15(27)10-17(21)28/h3-6,9-11,13,16,34H,2,7-8,12H2,1H3,(H,30,31,32)/t16-/m0/s1. The van der Waals surface area contributed by atoms with Gasteiger partial charge in [0, 0.05) is 37.0 Å². The summed E-state index contributed by atoms with van der Waals surface area (Å²) in [6.07, 6.45) is 3.11. The number of nitrogens with zero attached hydrogens (tertiary/aromatic N) is 5. The van der Waals surface area contributed by atoms with Gasteiger partial charge in [0.25, 0.3) is 10.0 Å². The van der Waals surface area contributed by atoms with Gasteiger partial charge >= 0.3 is 6.09 Å².